The van der Waals surface area contributed by atoms with Crippen molar-refractivity contribution in [2.24, 2.45) is 5.73 Å². The van der Waals surface area contributed by atoms with Crippen LogP contribution in [0.1, 0.15) is 43.7 Å². The van der Waals surface area contributed by atoms with Gasteiger partial charge in [0.2, 0.25) is 0 Å². The van der Waals surface area contributed by atoms with Crippen molar-refractivity contribution in [2.75, 3.05) is 0 Å². The summed E-state index contributed by atoms with van der Waals surface area (Å²) in [5.41, 5.74) is 6.91. The smallest absolute Gasteiger partial charge is 0.197 e. The second-order valence-corrected chi connectivity index (χ2v) is 4.03. The fourth-order valence-corrected chi connectivity index (χ4v) is 1.81. The predicted molar refractivity (Wildman–Crippen MR) is 63.9 cm³/mol. The van der Waals surface area contributed by atoms with E-state index < -0.39 is 0 Å². The Hall–Kier alpha value is -0.730. The van der Waals surface area contributed by atoms with E-state index in [9.17, 15) is 0 Å². The van der Waals surface area contributed by atoms with Gasteiger partial charge in [-0.25, -0.2) is 0 Å². The predicted octanol–water partition coefficient (Wildman–Crippen LogP) is 4.07. The maximum absolute atomic E-state index is 5.99. The Morgan fingerprint density at radius 3 is 2.87 bits per heavy atom. The minimum absolute atomic E-state index is 0.0000175. The van der Waals surface area contributed by atoms with Crippen molar-refractivity contribution < 1.29 is 4.42 Å². The van der Waals surface area contributed by atoms with E-state index in [2.05, 4.69) is 6.58 Å². The Labute approximate surface area is 96.1 Å². The van der Waals surface area contributed by atoms with E-state index >= 15 is 0 Å². The first-order valence-electron chi connectivity index (χ1n) is 5.35. The summed E-state index contributed by atoms with van der Waals surface area (Å²) in [6.07, 6.45) is 9.07. The molecule has 0 aromatic carbocycles. The van der Waals surface area contributed by atoms with Crippen molar-refractivity contribution in [1.29, 1.82) is 0 Å². The zero-order valence-corrected chi connectivity index (χ0v) is 9.67. The summed E-state index contributed by atoms with van der Waals surface area (Å²) in [4.78, 5) is 0. The molecule has 84 valence electrons. The first-order chi connectivity index (χ1) is 7.25. The fourth-order valence-electron chi connectivity index (χ4n) is 1.56. The van der Waals surface area contributed by atoms with Crippen LogP contribution in [-0.2, 0) is 0 Å². The molecule has 15 heavy (non-hydrogen) atoms. The summed E-state index contributed by atoms with van der Waals surface area (Å²) in [6, 6.07) is 1.84. The number of unbranched alkanes of at least 4 members (excludes halogenated alkanes) is 3. The van der Waals surface area contributed by atoms with Gasteiger partial charge < -0.3 is 10.2 Å². The molecule has 3 heteroatoms. The molecule has 1 unspecified atom stereocenters. The first kappa shape index (κ1) is 12.3. The van der Waals surface area contributed by atoms with Crippen LogP contribution >= 0.6 is 11.6 Å². The summed E-state index contributed by atoms with van der Waals surface area (Å²) in [7, 11) is 0. The zero-order chi connectivity index (χ0) is 11.1. The molecule has 2 nitrogen and oxygen atoms in total. The summed E-state index contributed by atoms with van der Waals surface area (Å²) in [6.45, 7) is 3.69. The molecule has 1 aromatic rings. The Kier molecular flexibility index (Phi) is 5.51. The lowest BCUT2D eigenvalue weighted by Gasteiger charge is -2.09. The average Bonchev–Trinajstić information content (AvgIpc) is 2.64. The van der Waals surface area contributed by atoms with Crippen LogP contribution < -0.4 is 5.73 Å². The van der Waals surface area contributed by atoms with E-state index in [1.54, 1.807) is 6.26 Å². The van der Waals surface area contributed by atoms with Crippen LogP contribution in [0.15, 0.2) is 29.4 Å². The van der Waals surface area contributed by atoms with Gasteiger partial charge in [-0.05, 0) is 36.9 Å². The molecule has 1 atom stereocenters. The van der Waals surface area contributed by atoms with Gasteiger partial charge in [0.15, 0.2) is 5.22 Å². The van der Waals surface area contributed by atoms with Gasteiger partial charge in [0.05, 0.1) is 6.26 Å². The second kappa shape index (κ2) is 6.70. The Bertz CT molecular complexity index is 296. The number of hydrogen-bond donors (Lipinski definition) is 1. The molecule has 0 spiro atoms. The molecule has 0 aliphatic carbocycles. The minimum atomic E-state index is -0.0000175. The van der Waals surface area contributed by atoms with Crippen molar-refractivity contribution in [3.05, 3.63) is 35.8 Å². The fraction of sp³-hybridized carbons (Fsp3) is 0.500. The third-order valence-corrected chi connectivity index (χ3v) is 2.78. The quantitative estimate of drug-likeness (QED) is 0.563. The Morgan fingerprint density at radius 2 is 2.27 bits per heavy atom. The molecule has 2 N–H and O–H groups in total. The maximum atomic E-state index is 5.99. The largest absolute Gasteiger partial charge is 0.453 e. The van der Waals surface area contributed by atoms with Gasteiger partial charge in [0.1, 0.15) is 0 Å². The van der Waals surface area contributed by atoms with Crippen LogP contribution in [0.25, 0.3) is 0 Å². The lowest BCUT2D eigenvalue weighted by atomic mass is 10.0. The normalized spacial score (nSPS) is 12.7. The number of hydrogen-bond acceptors (Lipinski definition) is 2. The van der Waals surface area contributed by atoms with Gasteiger partial charge in [-0.3, -0.25) is 0 Å². The highest BCUT2D eigenvalue weighted by molar-refractivity contribution is 6.29. The average molecular weight is 228 g/mol. The third-order valence-electron chi connectivity index (χ3n) is 2.47. The highest BCUT2D eigenvalue weighted by Gasteiger charge is 2.11. The molecule has 0 fully saturated rings. The van der Waals surface area contributed by atoms with Gasteiger partial charge in [-0.1, -0.05) is 18.9 Å². The van der Waals surface area contributed by atoms with Crippen molar-refractivity contribution in [1.82, 2.24) is 0 Å². The van der Waals surface area contributed by atoms with Gasteiger partial charge >= 0.3 is 0 Å². The summed E-state index contributed by atoms with van der Waals surface area (Å²) >= 11 is 5.84. The standard InChI is InChI=1S/C12H18ClNO/c1-2-3-4-5-6-7-11(14)10-8-9-15-12(10)13/h2,8-9,11H,1,3-7,14H2. The van der Waals surface area contributed by atoms with Crippen LogP contribution in [0.5, 0.6) is 0 Å². The molecule has 0 bridgehead atoms. The van der Waals surface area contributed by atoms with Gasteiger partial charge in [-0.15, -0.1) is 6.58 Å². The van der Waals surface area contributed by atoms with Gasteiger partial charge in [0.25, 0.3) is 0 Å². The van der Waals surface area contributed by atoms with Crippen LogP contribution in [0.2, 0.25) is 5.22 Å². The van der Waals surface area contributed by atoms with E-state index in [1.165, 1.54) is 12.8 Å². The summed E-state index contributed by atoms with van der Waals surface area (Å²) < 4.78 is 5.00. The summed E-state index contributed by atoms with van der Waals surface area (Å²) in [5, 5.41) is 0.425. The number of nitrogens with two attached hydrogens (primary N) is 1. The summed E-state index contributed by atoms with van der Waals surface area (Å²) in [5.74, 6) is 0. The van der Waals surface area contributed by atoms with E-state index in [4.69, 9.17) is 21.8 Å². The maximum Gasteiger partial charge on any atom is 0.197 e. The van der Waals surface area contributed by atoms with Crippen LogP contribution in [0.3, 0.4) is 0 Å². The van der Waals surface area contributed by atoms with Crippen molar-refractivity contribution in [2.45, 2.75) is 38.1 Å². The number of furan rings is 1. The van der Waals surface area contributed by atoms with Crippen molar-refractivity contribution >= 4 is 11.6 Å². The Balaban J connectivity index is 2.22. The molecule has 0 saturated heterocycles. The molecule has 1 aromatic heterocycles. The van der Waals surface area contributed by atoms with E-state index in [0.29, 0.717) is 5.22 Å². The molecule has 0 aliphatic rings. The van der Waals surface area contributed by atoms with Crippen molar-refractivity contribution in [3.8, 4) is 0 Å². The molecule has 0 saturated carbocycles. The highest BCUT2D eigenvalue weighted by Crippen LogP contribution is 2.25. The molecule has 0 amide bonds. The number of allylic oxidation sites excluding steroid dienone is 1. The molecule has 1 rings (SSSR count). The van der Waals surface area contributed by atoms with Crippen molar-refractivity contribution in [3.63, 3.8) is 0 Å². The first-order valence-corrected chi connectivity index (χ1v) is 5.73. The lowest BCUT2D eigenvalue weighted by Crippen LogP contribution is -2.09. The molecule has 0 aliphatic heterocycles. The van der Waals surface area contributed by atoms with E-state index in [0.717, 1.165) is 24.8 Å². The van der Waals surface area contributed by atoms with Crippen LogP contribution in [-0.4, -0.2) is 0 Å². The molecule has 1 heterocycles. The topological polar surface area (TPSA) is 39.2 Å². The molecular formula is C12H18ClNO. The molecular weight excluding hydrogens is 210 g/mol. The van der Waals surface area contributed by atoms with Crippen LogP contribution in [0, 0.1) is 0 Å². The minimum Gasteiger partial charge on any atom is -0.453 e. The SMILES string of the molecule is C=CCCCCCC(N)c1ccoc1Cl. The van der Waals surface area contributed by atoms with E-state index in [-0.39, 0.29) is 6.04 Å². The highest BCUT2D eigenvalue weighted by atomic mass is 35.5. The second-order valence-electron chi connectivity index (χ2n) is 3.68. The Morgan fingerprint density at radius 1 is 1.47 bits per heavy atom. The monoisotopic (exact) mass is 227 g/mol. The lowest BCUT2D eigenvalue weighted by molar-refractivity contribution is 0.543. The van der Waals surface area contributed by atoms with Gasteiger partial charge in [-0.2, -0.15) is 0 Å². The molecule has 0 radical (unpaired) electrons. The van der Waals surface area contributed by atoms with Gasteiger partial charge in [0, 0.05) is 11.6 Å². The zero-order valence-electron chi connectivity index (χ0n) is 8.92. The number of rotatable bonds is 7. The van der Waals surface area contributed by atoms with Crippen LogP contribution in [0.4, 0.5) is 0 Å². The number of halogens is 1. The third kappa shape index (κ3) is 4.10. The van der Waals surface area contributed by atoms with E-state index in [1.807, 2.05) is 12.1 Å².